The first-order valence-electron chi connectivity index (χ1n) is 5.71. The molecular formula is C13H14N2O2. The number of nitrogens with zero attached hydrogens (tertiary/aromatic N) is 2. The summed E-state index contributed by atoms with van der Waals surface area (Å²) < 4.78 is 0. The number of rotatable bonds is 4. The van der Waals surface area contributed by atoms with E-state index in [2.05, 4.69) is 16.9 Å². The van der Waals surface area contributed by atoms with E-state index in [9.17, 15) is 4.79 Å². The Bertz CT molecular complexity index is 552. The minimum absolute atomic E-state index is 0.0988. The van der Waals surface area contributed by atoms with Crippen molar-refractivity contribution >= 4 is 16.9 Å². The Morgan fingerprint density at radius 2 is 2.06 bits per heavy atom. The largest absolute Gasteiger partial charge is 0.476 e. The van der Waals surface area contributed by atoms with E-state index in [1.54, 1.807) is 12.1 Å². The zero-order valence-corrected chi connectivity index (χ0v) is 9.68. The summed E-state index contributed by atoms with van der Waals surface area (Å²) in [6.45, 7) is 2.08. The van der Waals surface area contributed by atoms with Crippen LogP contribution < -0.4 is 0 Å². The van der Waals surface area contributed by atoms with Gasteiger partial charge in [-0.1, -0.05) is 31.5 Å². The van der Waals surface area contributed by atoms with Crippen LogP contribution in [0.25, 0.3) is 10.9 Å². The van der Waals surface area contributed by atoms with Gasteiger partial charge < -0.3 is 5.11 Å². The lowest BCUT2D eigenvalue weighted by Gasteiger charge is -2.05. The van der Waals surface area contributed by atoms with Crippen molar-refractivity contribution in [1.29, 1.82) is 0 Å². The van der Waals surface area contributed by atoms with Gasteiger partial charge in [-0.3, -0.25) is 0 Å². The molecule has 1 aromatic heterocycles. The predicted molar refractivity (Wildman–Crippen MR) is 65.1 cm³/mol. The smallest absolute Gasteiger partial charge is 0.355 e. The third-order valence-electron chi connectivity index (χ3n) is 2.61. The van der Waals surface area contributed by atoms with Crippen molar-refractivity contribution in [2.75, 3.05) is 0 Å². The van der Waals surface area contributed by atoms with Crippen LogP contribution >= 0.6 is 0 Å². The van der Waals surface area contributed by atoms with Crippen molar-refractivity contribution in [3.05, 3.63) is 35.8 Å². The van der Waals surface area contributed by atoms with Crippen LogP contribution in [-0.4, -0.2) is 21.0 Å². The van der Waals surface area contributed by atoms with Crippen LogP contribution in [0.2, 0.25) is 0 Å². The summed E-state index contributed by atoms with van der Waals surface area (Å²) in [5.74, 6) is -0.385. The zero-order valence-electron chi connectivity index (χ0n) is 9.68. The summed E-state index contributed by atoms with van der Waals surface area (Å²) in [6.07, 6.45) is 2.73. The number of benzene rings is 1. The number of para-hydroxylation sites is 1. The first-order chi connectivity index (χ1) is 8.22. The molecule has 0 radical (unpaired) electrons. The molecule has 2 rings (SSSR count). The molecule has 0 bridgehead atoms. The second kappa shape index (κ2) is 4.91. The van der Waals surface area contributed by atoms with E-state index in [-0.39, 0.29) is 5.69 Å². The Kier molecular flexibility index (Phi) is 3.32. The van der Waals surface area contributed by atoms with Gasteiger partial charge in [0.2, 0.25) is 0 Å². The Morgan fingerprint density at radius 1 is 1.29 bits per heavy atom. The summed E-state index contributed by atoms with van der Waals surface area (Å²) in [4.78, 5) is 19.7. The highest BCUT2D eigenvalue weighted by Gasteiger charge is 2.12. The zero-order chi connectivity index (χ0) is 12.3. The van der Waals surface area contributed by atoms with Crippen molar-refractivity contribution < 1.29 is 9.90 Å². The molecule has 17 heavy (non-hydrogen) atoms. The topological polar surface area (TPSA) is 63.1 Å². The molecule has 2 aromatic rings. The number of carboxylic acids is 1. The lowest BCUT2D eigenvalue weighted by Crippen LogP contribution is -2.06. The summed E-state index contributed by atoms with van der Waals surface area (Å²) in [5.41, 5.74) is 0.799. The number of hydrogen-bond acceptors (Lipinski definition) is 3. The summed E-state index contributed by atoms with van der Waals surface area (Å²) in [6, 6.07) is 7.20. The number of aryl methyl sites for hydroxylation is 1. The molecule has 1 heterocycles. The molecule has 1 N–H and O–H groups in total. The Labute approximate surface area is 99.3 Å². The Hall–Kier alpha value is -1.97. The number of unbranched alkanes of at least 4 members (excludes halogenated alkanes) is 1. The van der Waals surface area contributed by atoms with Crippen molar-refractivity contribution in [2.45, 2.75) is 26.2 Å². The van der Waals surface area contributed by atoms with Gasteiger partial charge >= 0.3 is 5.97 Å². The molecule has 4 heteroatoms. The molecule has 0 aliphatic carbocycles. The summed E-state index contributed by atoms with van der Waals surface area (Å²) >= 11 is 0. The highest BCUT2D eigenvalue weighted by atomic mass is 16.4. The van der Waals surface area contributed by atoms with Gasteiger partial charge in [0.05, 0.1) is 5.52 Å². The van der Waals surface area contributed by atoms with Crippen molar-refractivity contribution in [3.63, 3.8) is 0 Å². The van der Waals surface area contributed by atoms with Gasteiger partial charge in [0.1, 0.15) is 5.82 Å². The molecular weight excluding hydrogens is 216 g/mol. The van der Waals surface area contributed by atoms with Gasteiger partial charge in [0.25, 0.3) is 0 Å². The van der Waals surface area contributed by atoms with Gasteiger partial charge in [-0.25, -0.2) is 14.8 Å². The van der Waals surface area contributed by atoms with E-state index in [0.717, 1.165) is 19.3 Å². The average Bonchev–Trinajstić information content (AvgIpc) is 2.35. The fourth-order valence-corrected chi connectivity index (χ4v) is 1.73. The number of fused-ring (bicyclic) bond motifs is 1. The maximum atomic E-state index is 11.2. The maximum Gasteiger partial charge on any atom is 0.355 e. The Morgan fingerprint density at radius 3 is 2.76 bits per heavy atom. The molecule has 0 fully saturated rings. The SMILES string of the molecule is CCCCc1nc(C(=O)O)c2ccccc2n1. The highest BCUT2D eigenvalue weighted by molar-refractivity contribution is 6.00. The number of aromatic carboxylic acids is 1. The second-order valence-electron chi connectivity index (χ2n) is 3.91. The van der Waals surface area contributed by atoms with E-state index < -0.39 is 5.97 Å². The van der Waals surface area contributed by atoms with Crippen molar-refractivity contribution in [1.82, 2.24) is 9.97 Å². The minimum Gasteiger partial charge on any atom is -0.476 e. The van der Waals surface area contributed by atoms with Gasteiger partial charge in [-0.15, -0.1) is 0 Å². The van der Waals surface area contributed by atoms with Crippen molar-refractivity contribution in [3.8, 4) is 0 Å². The number of carboxylic acid groups (broad SMARTS) is 1. The Balaban J connectivity index is 2.55. The minimum atomic E-state index is -0.999. The second-order valence-corrected chi connectivity index (χ2v) is 3.91. The monoisotopic (exact) mass is 230 g/mol. The van der Waals surface area contributed by atoms with Crippen LogP contribution in [0.4, 0.5) is 0 Å². The maximum absolute atomic E-state index is 11.2. The number of aromatic nitrogens is 2. The molecule has 0 aliphatic rings. The fourth-order valence-electron chi connectivity index (χ4n) is 1.73. The molecule has 0 atom stereocenters. The molecule has 0 spiro atoms. The molecule has 0 unspecified atom stereocenters. The lowest BCUT2D eigenvalue weighted by molar-refractivity contribution is 0.0692. The van der Waals surface area contributed by atoms with E-state index in [4.69, 9.17) is 5.11 Å². The van der Waals surface area contributed by atoms with Crippen LogP contribution in [0.3, 0.4) is 0 Å². The van der Waals surface area contributed by atoms with Gasteiger partial charge in [-0.2, -0.15) is 0 Å². The van der Waals surface area contributed by atoms with Crippen LogP contribution in [0.15, 0.2) is 24.3 Å². The van der Waals surface area contributed by atoms with Gasteiger partial charge in [0, 0.05) is 11.8 Å². The van der Waals surface area contributed by atoms with Crippen LogP contribution in [0.1, 0.15) is 36.1 Å². The molecule has 0 saturated heterocycles. The molecule has 4 nitrogen and oxygen atoms in total. The first-order valence-corrected chi connectivity index (χ1v) is 5.71. The lowest BCUT2D eigenvalue weighted by atomic mass is 10.1. The normalized spacial score (nSPS) is 10.6. The summed E-state index contributed by atoms with van der Waals surface area (Å²) in [7, 11) is 0. The van der Waals surface area contributed by atoms with E-state index in [0.29, 0.717) is 16.7 Å². The highest BCUT2D eigenvalue weighted by Crippen LogP contribution is 2.16. The third kappa shape index (κ3) is 2.41. The van der Waals surface area contributed by atoms with Crippen LogP contribution in [0, 0.1) is 0 Å². The number of hydrogen-bond donors (Lipinski definition) is 1. The molecule has 0 amide bonds. The quantitative estimate of drug-likeness (QED) is 0.877. The van der Waals surface area contributed by atoms with E-state index in [1.165, 1.54) is 0 Å². The van der Waals surface area contributed by atoms with E-state index in [1.807, 2.05) is 12.1 Å². The molecule has 1 aromatic carbocycles. The third-order valence-corrected chi connectivity index (χ3v) is 2.61. The summed E-state index contributed by atoms with van der Waals surface area (Å²) in [5, 5.41) is 9.74. The first kappa shape index (κ1) is 11.5. The molecule has 0 saturated carbocycles. The average molecular weight is 230 g/mol. The number of carbonyl (C=O) groups is 1. The van der Waals surface area contributed by atoms with E-state index >= 15 is 0 Å². The van der Waals surface area contributed by atoms with Crippen molar-refractivity contribution in [2.24, 2.45) is 0 Å². The fraction of sp³-hybridized carbons (Fsp3) is 0.308. The van der Waals surface area contributed by atoms with Gasteiger partial charge in [-0.05, 0) is 12.5 Å². The molecule has 0 aliphatic heterocycles. The van der Waals surface area contributed by atoms with Crippen LogP contribution in [0.5, 0.6) is 0 Å². The standard InChI is InChI=1S/C13H14N2O2/c1-2-3-8-11-14-10-7-5-4-6-9(10)12(15-11)13(16)17/h4-7H,2-3,8H2,1H3,(H,16,17). The molecule has 88 valence electrons. The van der Waals surface area contributed by atoms with Gasteiger partial charge in [0.15, 0.2) is 5.69 Å². The van der Waals surface area contributed by atoms with Crippen LogP contribution in [-0.2, 0) is 6.42 Å². The predicted octanol–water partition coefficient (Wildman–Crippen LogP) is 2.67.